The second kappa shape index (κ2) is 5.59. The fourth-order valence-electron chi connectivity index (χ4n) is 2.18. The van der Waals surface area contributed by atoms with Crippen molar-refractivity contribution in [3.8, 4) is 11.5 Å². The molecular weight excluding hydrogens is 230 g/mol. The Hall–Kier alpha value is -1.26. The van der Waals surface area contributed by atoms with E-state index in [9.17, 15) is 5.11 Å². The van der Waals surface area contributed by atoms with Crippen LogP contribution in [0.2, 0.25) is 0 Å². The van der Waals surface area contributed by atoms with Crippen LogP contribution in [0.3, 0.4) is 0 Å². The van der Waals surface area contributed by atoms with Gasteiger partial charge in [-0.1, -0.05) is 12.1 Å². The SMILES string of the molecule is COc1cccc(CNC2(C)CCOCC2)c1O. The second-order valence-corrected chi connectivity index (χ2v) is 4.99. The van der Waals surface area contributed by atoms with E-state index in [1.54, 1.807) is 13.2 Å². The first-order chi connectivity index (χ1) is 8.64. The number of phenols is 1. The molecule has 18 heavy (non-hydrogen) atoms. The maximum atomic E-state index is 10.0. The Kier molecular flexibility index (Phi) is 4.09. The number of rotatable bonds is 4. The van der Waals surface area contributed by atoms with Gasteiger partial charge in [0.2, 0.25) is 0 Å². The van der Waals surface area contributed by atoms with Crippen LogP contribution in [0.1, 0.15) is 25.3 Å². The van der Waals surface area contributed by atoms with Crippen molar-refractivity contribution in [3.05, 3.63) is 23.8 Å². The third kappa shape index (κ3) is 2.94. The number of hydrogen-bond donors (Lipinski definition) is 2. The van der Waals surface area contributed by atoms with Crippen LogP contribution in [0.15, 0.2) is 18.2 Å². The number of hydrogen-bond acceptors (Lipinski definition) is 4. The molecule has 0 radical (unpaired) electrons. The van der Waals surface area contributed by atoms with Gasteiger partial charge in [-0.2, -0.15) is 0 Å². The van der Waals surface area contributed by atoms with Gasteiger partial charge in [0.05, 0.1) is 7.11 Å². The Morgan fingerprint density at radius 1 is 1.39 bits per heavy atom. The summed E-state index contributed by atoms with van der Waals surface area (Å²) in [5.74, 6) is 0.745. The lowest BCUT2D eigenvalue weighted by molar-refractivity contribution is 0.0445. The normalized spacial score (nSPS) is 18.6. The lowest BCUT2D eigenvalue weighted by Gasteiger charge is -2.34. The summed E-state index contributed by atoms with van der Waals surface area (Å²) in [6.45, 7) is 4.44. The predicted octanol–water partition coefficient (Wildman–Crippen LogP) is 2.06. The van der Waals surface area contributed by atoms with Crippen LogP contribution >= 0.6 is 0 Å². The average molecular weight is 251 g/mol. The van der Waals surface area contributed by atoms with Gasteiger partial charge in [0.15, 0.2) is 11.5 Å². The minimum absolute atomic E-state index is 0.0910. The summed E-state index contributed by atoms with van der Waals surface area (Å²) in [5.41, 5.74) is 0.954. The fraction of sp³-hybridized carbons (Fsp3) is 0.571. The van der Waals surface area contributed by atoms with Crippen molar-refractivity contribution in [1.82, 2.24) is 5.32 Å². The van der Waals surface area contributed by atoms with Crippen LogP contribution in [-0.4, -0.2) is 31.0 Å². The molecule has 0 atom stereocenters. The Balaban J connectivity index is 2.01. The molecule has 0 spiro atoms. The predicted molar refractivity (Wildman–Crippen MR) is 70.0 cm³/mol. The molecule has 1 fully saturated rings. The molecular formula is C14H21NO3. The van der Waals surface area contributed by atoms with Crippen molar-refractivity contribution in [3.63, 3.8) is 0 Å². The number of nitrogens with one attached hydrogen (secondary N) is 1. The minimum Gasteiger partial charge on any atom is -0.504 e. The third-order valence-corrected chi connectivity index (χ3v) is 3.60. The lowest BCUT2D eigenvalue weighted by Crippen LogP contribution is -2.46. The van der Waals surface area contributed by atoms with E-state index in [-0.39, 0.29) is 11.3 Å². The zero-order chi connectivity index (χ0) is 13.0. The van der Waals surface area contributed by atoms with Gasteiger partial charge >= 0.3 is 0 Å². The molecule has 2 rings (SSSR count). The zero-order valence-electron chi connectivity index (χ0n) is 11.0. The van der Waals surface area contributed by atoms with Crippen molar-refractivity contribution < 1.29 is 14.6 Å². The molecule has 0 unspecified atom stereocenters. The van der Waals surface area contributed by atoms with Crippen LogP contribution in [-0.2, 0) is 11.3 Å². The first-order valence-corrected chi connectivity index (χ1v) is 6.32. The van der Waals surface area contributed by atoms with Gasteiger partial charge in [0.1, 0.15) is 0 Å². The number of phenolic OH excluding ortho intramolecular Hbond substituents is 1. The molecule has 100 valence electrons. The Morgan fingerprint density at radius 2 is 2.11 bits per heavy atom. The zero-order valence-corrected chi connectivity index (χ0v) is 11.0. The Labute approximate surface area is 108 Å². The summed E-state index contributed by atoms with van der Waals surface area (Å²) in [6.07, 6.45) is 2.00. The highest BCUT2D eigenvalue weighted by Gasteiger charge is 2.26. The summed E-state index contributed by atoms with van der Waals surface area (Å²) in [7, 11) is 1.56. The van der Waals surface area contributed by atoms with Gasteiger partial charge in [0.25, 0.3) is 0 Å². The summed E-state index contributed by atoms with van der Waals surface area (Å²) in [5, 5.41) is 13.5. The number of para-hydroxylation sites is 1. The highest BCUT2D eigenvalue weighted by atomic mass is 16.5. The van der Waals surface area contributed by atoms with Crippen molar-refractivity contribution in [1.29, 1.82) is 0 Å². The Morgan fingerprint density at radius 3 is 2.78 bits per heavy atom. The van der Waals surface area contributed by atoms with Gasteiger partial charge in [-0.15, -0.1) is 0 Å². The van der Waals surface area contributed by atoms with E-state index in [2.05, 4.69) is 12.2 Å². The molecule has 0 amide bonds. The molecule has 1 aliphatic rings. The van der Waals surface area contributed by atoms with Gasteiger partial charge in [-0.25, -0.2) is 0 Å². The molecule has 0 saturated carbocycles. The molecule has 2 N–H and O–H groups in total. The first kappa shape index (κ1) is 13.2. The van der Waals surface area contributed by atoms with E-state index < -0.39 is 0 Å². The molecule has 0 aromatic heterocycles. The lowest BCUT2D eigenvalue weighted by atomic mass is 9.92. The summed E-state index contributed by atoms with van der Waals surface area (Å²) in [4.78, 5) is 0. The van der Waals surface area contributed by atoms with Gasteiger partial charge in [-0.05, 0) is 25.8 Å². The highest BCUT2D eigenvalue weighted by Crippen LogP contribution is 2.30. The first-order valence-electron chi connectivity index (χ1n) is 6.32. The number of ether oxygens (including phenoxy) is 2. The highest BCUT2D eigenvalue weighted by molar-refractivity contribution is 5.45. The maximum Gasteiger partial charge on any atom is 0.162 e. The molecule has 0 aliphatic carbocycles. The molecule has 0 bridgehead atoms. The van der Waals surface area contributed by atoms with Crippen LogP contribution in [0.5, 0.6) is 11.5 Å². The summed E-state index contributed by atoms with van der Waals surface area (Å²) < 4.78 is 10.5. The van der Waals surface area contributed by atoms with E-state index in [0.717, 1.165) is 31.6 Å². The smallest absolute Gasteiger partial charge is 0.162 e. The number of aromatic hydroxyl groups is 1. The van der Waals surface area contributed by atoms with E-state index in [0.29, 0.717) is 12.3 Å². The molecule has 1 aromatic carbocycles. The summed E-state index contributed by atoms with van der Waals surface area (Å²) in [6, 6.07) is 5.56. The number of benzene rings is 1. The summed E-state index contributed by atoms with van der Waals surface area (Å²) >= 11 is 0. The molecule has 4 heteroatoms. The molecule has 1 aliphatic heterocycles. The van der Waals surface area contributed by atoms with Crippen LogP contribution in [0, 0.1) is 0 Å². The maximum absolute atomic E-state index is 10.0. The van der Waals surface area contributed by atoms with E-state index in [1.807, 2.05) is 12.1 Å². The minimum atomic E-state index is 0.0910. The molecule has 1 saturated heterocycles. The van der Waals surface area contributed by atoms with E-state index >= 15 is 0 Å². The van der Waals surface area contributed by atoms with E-state index in [4.69, 9.17) is 9.47 Å². The van der Waals surface area contributed by atoms with E-state index in [1.165, 1.54) is 0 Å². The van der Waals surface area contributed by atoms with Crippen molar-refractivity contribution in [2.75, 3.05) is 20.3 Å². The van der Waals surface area contributed by atoms with Crippen molar-refractivity contribution in [2.45, 2.75) is 31.8 Å². The Bertz CT molecular complexity index is 400. The monoisotopic (exact) mass is 251 g/mol. The fourth-order valence-corrected chi connectivity index (χ4v) is 2.18. The molecule has 1 heterocycles. The van der Waals surface area contributed by atoms with Crippen LogP contribution < -0.4 is 10.1 Å². The average Bonchev–Trinajstić information content (AvgIpc) is 2.38. The molecule has 4 nitrogen and oxygen atoms in total. The standard InChI is InChI=1S/C14H21NO3/c1-14(6-8-18-9-7-14)15-10-11-4-3-5-12(17-2)13(11)16/h3-5,15-16H,6-10H2,1-2H3. The van der Waals surface area contributed by atoms with Gasteiger partial charge < -0.3 is 19.9 Å². The van der Waals surface area contributed by atoms with Crippen molar-refractivity contribution >= 4 is 0 Å². The van der Waals surface area contributed by atoms with Gasteiger partial charge in [0, 0.05) is 30.9 Å². The molecule has 1 aromatic rings. The topological polar surface area (TPSA) is 50.7 Å². The van der Waals surface area contributed by atoms with Crippen LogP contribution in [0.25, 0.3) is 0 Å². The van der Waals surface area contributed by atoms with Gasteiger partial charge in [-0.3, -0.25) is 0 Å². The second-order valence-electron chi connectivity index (χ2n) is 4.99. The largest absolute Gasteiger partial charge is 0.504 e. The third-order valence-electron chi connectivity index (χ3n) is 3.60. The quantitative estimate of drug-likeness (QED) is 0.860. The number of methoxy groups -OCH3 is 1. The van der Waals surface area contributed by atoms with Crippen LogP contribution in [0.4, 0.5) is 0 Å². The van der Waals surface area contributed by atoms with Crippen molar-refractivity contribution in [2.24, 2.45) is 0 Å².